The molecule has 2 rings (SSSR count). The van der Waals surface area contributed by atoms with E-state index in [2.05, 4.69) is 10.6 Å². The molecule has 0 aromatic carbocycles. The second kappa shape index (κ2) is 11.0. The average molecular weight is 396 g/mol. The molecule has 3 amide bonds. The highest BCUT2D eigenvalue weighted by Gasteiger charge is 2.37. The third kappa shape index (κ3) is 6.47. The molecule has 1 saturated carbocycles. The maximum Gasteiger partial charge on any atom is 0.322 e. The molecule has 1 aliphatic carbocycles. The van der Waals surface area contributed by atoms with Gasteiger partial charge >= 0.3 is 5.97 Å². The molecular formula is C19H32N4O5. The van der Waals surface area contributed by atoms with Crippen LogP contribution in [0.3, 0.4) is 0 Å². The quantitative estimate of drug-likeness (QED) is 0.454. The average Bonchev–Trinajstić information content (AvgIpc) is 2.71. The summed E-state index contributed by atoms with van der Waals surface area (Å²) in [6.07, 6.45) is 8.11. The molecule has 1 unspecified atom stereocenters. The van der Waals surface area contributed by atoms with Crippen LogP contribution in [0.5, 0.6) is 0 Å². The summed E-state index contributed by atoms with van der Waals surface area (Å²) in [5.41, 5.74) is 5.42. The number of carboxylic acids is 1. The fraction of sp³-hybridized carbons (Fsp3) is 0.789. The number of piperidine rings is 1. The highest BCUT2D eigenvalue weighted by molar-refractivity contribution is 5.93. The number of likely N-dealkylation sites (tertiary alicyclic amines) is 1. The smallest absolute Gasteiger partial charge is 0.322 e. The molecule has 158 valence electrons. The number of hydrogen-bond donors (Lipinski definition) is 4. The van der Waals surface area contributed by atoms with Gasteiger partial charge in [0.2, 0.25) is 17.7 Å². The van der Waals surface area contributed by atoms with Gasteiger partial charge in [0.15, 0.2) is 0 Å². The maximum absolute atomic E-state index is 13.3. The molecule has 28 heavy (non-hydrogen) atoms. The fourth-order valence-electron chi connectivity index (χ4n) is 4.18. The minimum atomic E-state index is -1.13. The van der Waals surface area contributed by atoms with Gasteiger partial charge in [-0.15, -0.1) is 0 Å². The maximum atomic E-state index is 13.3. The summed E-state index contributed by atoms with van der Waals surface area (Å²) in [6.45, 7) is -0.257. The van der Waals surface area contributed by atoms with Crippen LogP contribution in [0.15, 0.2) is 0 Å². The van der Waals surface area contributed by atoms with Crippen molar-refractivity contribution in [1.29, 1.82) is 0 Å². The monoisotopic (exact) mass is 396 g/mol. The van der Waals surface area contributed by atoms with E-state index in [1.807, 2.05) is 0 Å². The highest BCUT2D eigenvalue weighted by Crippen LogP contribution is 2.28. The zero-order valence-corrected chi connectivity index (χ0v) is 16.3. The molecule has 9 nitrogen and oxygen atoms in total. The lowest BCUT2D eigenvalue weighted by Crippen LogP contribution is -2.58. The summed E-state index contributed by atoms with van der Waals surface area (Å²) >= 11 is 0. The van der Waals surface area contributed by atoms with Crippen LogP contribution in [0.4, 0.5) is 0 Å². The van der Waals surface area contributed by atoms with Crippen molar-refractivity contribution in [3.63, 3.8) is 0 Å². The standard InChI is InChI=1S/C19H32N4O5/c20-11-16(24)22-14(10-13-6-2-1-3-7-13)19(28)23-9-5-4-8-15(23)18(27)21-12-17(25)26/h13-15H,1-12,20H2,(H,21,27)(H,22,24)(H,25,26)/t14-,15?/m0/s1. The van der Waals surface area contributed by atoms with E-state index in [1.165, 1.54) is 11.3 Å². The summed E-state index contributed by atoms with van der Waals surface area (Å²) in [4.78, 5) is 49.8. The van der Waals surface area contributed by atoms with E-state index in [1.54, 1.807) is 0 Å². The topological polar surface area (TPSA) is 142 Å². The molecule has 0 spiro atoms. The molecule has 2 atom stereocenters. The second-order valence-corrected chi connectivity index (χ2v) is 7.72. The van der Waals surface area contributed by atoms with E-state index in [0.717, 1.165) is 38.5 Å². The Kier molecular flexibility index (Phi) is 8.69. The first-order valence-corrected chi connectivity index (χ1v) is 10.2. The number of hydrogen-bond acceptors (Lipinski definition) is 5. The van der Waals surface area contributed by atoms with Crippen molar-refractivity contribution in [2.75, 3.05) is 19.6 Å². The Morgan fingerprint density at radius 2 is 1.71 bits per heavy atom. The van der Waals surface area contributed by atoms with Gasteiger partial charge in [0.25, 0.3) is 0 Å². The van der Waals surface area contributed by atoms with Crippen LogP contribution in [-0.4, -0.2) is 65.4 Å². The fourth-order valence-corrected chi connectivity index (χ4v) is 4.18. The van der Waals surface area contributed by atoms with Crippen molar-refractivity contribution in [3.05, 3.63) is 0 Å². The Bertz CT molecular complexity index is 577. The van der Waals surface area contributed by atoms with Crippen LogP contribution in [0.25, 0.3) is 0 Å². The lowest BCUT2D eigenvalue weighted by molar-refractivity contribution is -0.146. The molecule has 0 aromatic heterocycles. The first kappa shape index (κ1) is 22.1. The Labute approximate surface area is 165 Å². The zero-order chi connectivity index (χ0) is 20.5. The number of aliphatic carboxylic acids is 1. The zero-order valence-electron chi connectivity index (χ0n) is 16.3. The molecule has 1 aliphatic heterocycles. The summed E-state index contributed by atoms with van der Waals surface area (Å²) in [7, 11) is 0. The van der Waals surface area contributed by atoms with Crippen LogP contribution in [-0.2, 0) is 19.2 Å². The van der Waals surface area contributed by atoms with Crippen LogP contribution < -0.4 is 16.4 Å². The molecule has 2 fully saturated rings. The van der Waals surface area contributed by atoms with Gasteiger partial charge < -0.3 is 26.4 Å². The highest BCUT2D eigenvalue weighted by atomic mass is 16.4. The van der Waals surface area contributed by atoms with Gasteiger partial charge in [0.05, 0.1) is 6.54 Å². The molecule has 0 radical (unpaired) electrons. The summed E-state index contributed by atoms with van der Waals surface area (Å²) < 4.78 is 0. The molecule has 5 N–H and O–H groups in total. The van der Waals surface area contributed by atoms with E-state index in [-0.39, 0.29) is 12.5 Å². The number of nitrogens with zero attached hydrogens (tertiary/aromatic N) is 1. The van der Waals surface area contributed by atoms with E-state index in [0.29, 0.717) is 25.3 Å². The Morgan fingerprint density at radius 1 is 1.04 bits per heavy atom. The van der Waals surface area contributed by atoms with Gasteiger partial charge in [0, 0.05) is 6.54 Å². The third-order valence-electron chi connectivity index (χ3n) is 5.61. The second-order valence-electron chi connectivity index (χ2n) is 7.72. The van der Waals surface area contributed by atoms with Crippen molar-refractivity contribution in [2.24, 2.45) is 11.7 Å². The number of carbonyl (C=O) groups is 4. The molecule has 0 aromatic rings. The van der Waals surface area contributed by atoms with Crippen molar-refractivity contribution < 1.29 is 24.3 Å². The summed E-state index contributed by atoms with van der Waals surface area (Å²) in [6, 6.07) is -1.41. The Balaban J connectivity index is 2.10. The normalized spacial score (nSPS) is 21.6. The molecular weight excluding hydrogens is 364 g/mol. The molecule has 9 heteroatoms. The third-order valence-corrected chi connectivity index (χ3v) is 5.61. The van der Waals surface area contributed by atoms with Crippen LogP contribution in [0.1, 0.15) is 57.8 Å². The van der Waals surface area contributed by atoms with Gasteiger partial charge in [-0.25, -0.2) is 0 Å². The number of carbonyl (C=O) groups excluding carboxylic acids is 3. The van der Waals surface area contributed by atoms with Crippen molar-refractivity contribution in [2.45, 2.75) is 69.9 Å². The molecule has 2 aliphatic rings. The summed E-state index contributed by atoms with van der Waals surface area (Å²) in [5.74, 6) is -1.89. The van der Waals surface area contributed by atoms with Crippen LogP contribution in [0, 0.1) is 5.92 Å². The number of nitrogens with one attached hydrogen (secondary N) is 2. The SMILES string of the molecule is NCC(=O)N[C@@H](CC1CCCCC1)C(=O)N1CCCCC1C(=O)NCC(=O)O. The lowest BCUT2D eigenvalue weighted by atomic mass is 9.84. The summed E-state index contributed by atoms with van der Waals surface area (Å²) in [5, 5.41) is 13.9. The van der Waals surface area contributed by atoms with Gasteiger partial charge in [-0.1, -0.05) is 32.1 Å². The predicted molar refractivity (Wildman–Crippen MR) is 102 cm³/mol. The minimum Gasteiger partial charge on any atom is -0.480 e. The largest absolute Gasteiger partial charge is 0.480 e. The van der Waals surface area contributed by atoms with E-state index in [9.17, 15) is 19.2 Å². The molecule has 1 saturated heterocycles. The first-order valence-electron chi connectivity index (χ1n) is 10.2. The van der Waals surface area contributed by atoms with Crippen molar-refractivity contribution in [1.82, 2.24) is 15.5 Å². The first-order chi connectivity index (χ1) is 13.4. The van der Waals surface area contributed by atoms with E-state index in [4.69, 9.17) is 10.8 Å². The van der Waals surface area contributed by atoms with Gasteiger partial charge in [-0.05, 0) is 31.6 Å². The van der Waals surface area contributed by atoms with Gasteiger partial charge in [-0.3, -0.25) is 19.2 Å². The minimum absolute atomic E-state index is 0.197. The number of rotatable bonds is 8. The Morgan fingerprint density at radius 3 is 2.36 bits per heavy atom. The van der Waals surface area contributed by atoms with Crippen molar-refractivity contribution in [3.8, 4) is 0 Å². The van der Waals surface area contributed by atoms with Gasteiger partial charge in [-0.2, -0.15) is 0 Å². The van der Waals surface area contributed by atoms with E-state index < -0.39 is 36.4 Å². The number of carboxylic acid groups (broad SMARTS) is 1. The Hall–Kier alpha value is -2.16. The molecule has 1 heterocycles. The molecule has 0 bridgehead atoms. The lowest BCUT2D eigenvalue weighted by Gasteiger charge is -2.38. The van der Waals surface area contributed by atoms with Crippen molar-refractivity contribution >= 4 is 23.7 Å². The van der Waals surface area contributed by atoms with Crippen LogP contribution >= 0.6 is 0 Å². The van der Waals surface area contributed by atoms with Crippen LogP contribution in [0.2, 0.25) is 0 Å². The number of nitrogens with two attached hydrogens (primary N) is 1. The van der Waals surface area contributed by atoms with E-state index >= 15 is 0 Å². The predicted octanol–water partition coefficient (Wildman–Crippen LogP) is -0.0178. The van der Waals surface area contributed by atoms with Gasteiger partial charge in [0.1, 0.15) is 18.6 Å². The number of amides is 3.